The summed E-state index contributed by atoms with van der Waals surface area (Å²) in [7, 11) is 0. The van der Waals surface area contributed by atoms with Crippen molar-refractivity contribution in [1.82, 2.24) is 0 Å². The van der Waals surface area contributed by atoms with Gasteiger partial charge in [0.2, 0.25) is 5.55 Å². The SMILES string of the molecule is N#Cc1ccc(N=c2oc3ccc([N+](=O)[O-])cc3cc2C(N)=O)cc1. The third-order valence-corrected chi connectivity index (χ3v) is 3.43. The molecule has 2 aromatic carbocycles. The topological polar surface area (TPSA) is 136 Å². The molecule has 25 heavy (non-hydrogen) atoms. The third kappa shape index (κ3) is 3.20. The average molecular weight is 334 g/mol. The number of amides is 1. The van der Waals surface area contributed by atoms with Gasteiger partial charge in [-0.05, 0) is 36.4 Å². The van der Waals surface area contributed by atoms with Crippen molar-refractivity contribution in [3.8, 4) is 6.07 Å². The Bertz CT molecular complexity index is 1110. The van der Waals surface area contributed by atoms with E-state index in [2.05, 4.69) is 4.99 Å². The zero-order valence-electron chi connectivity index (χ0n) is 12.7. The van der Waals surface area contributed by atoms with Gasteiger partial charge in [0.15, 0.2) is 0 Å². The monoisotopic (exact) mass is 334 g/mol. The summed E-state index contributed by atoms with van der Waals surface area (Å²) in [5.41, 5.74) is 6.48. The van der Waals surface area contributed by atoms with Crippen LogP contribution >= 0.6 is 0 Å². The molecule has 0 unspecified atom stereocenters. The van der Waals surface area contributed by atoms with E-state index in [1.54, 1.807) is 24.3 Å². The van der Waals surface area contributed by atoms with Crippen LogP contribution in [0.15, 0.2) is 57.9 Å². The second-order valence-electron chi connectivity index (χ2n) is 5.08. The Balaban J connectivity index is 2.22. The van der Waals surface area contributed by atoms with Crippen molar-refractivity contribution in [2.45, 2.75) is 0 Å². The molecule has 2 N–H and O–H groups in total. The van der Waals surface area contributed by atoms with E-state index in [1.165, 1.54) is 24.3 Å². The zero-order chi connectivity index (χ0) is 18.0. The van der Waals surface area contributed by atoms with E-state index in [0.29, 0.717) is 22.2 Å². The van der Waals surface area contributed by atoms with Crippen molar-refractivity contribution in [1.29, 1.82) is 5.26 Å². The summed E-state index contributed by atoms with van der Waals surface area (Å²) < 4.78 is 5.59. The number of carbonyl (C=O) groups excluding carboxylic acids is 1. The standard InChI is InChI=1S/C17H10N4O4/c18-9-10-1-3-12(4-2-10)20-17-14(16(19)22)8-11-7-13(21(23)24)5-6-15(11)25-17/h1-8H,(H2,19,22). The van der Waals surface area contributed by atoms with Gasteiger partial charge in [-0.2, -0.15) is 5.26 Å². The van der Waals surface area contributed by atoms with Gasteiger partial charge in [-0.15, -0.1) is 0 Å². The van der Waals surface area contributed by atoms with Crippen LogP contribution in [0.25, 0.3) is 11.0 Å². The van der Waals surface area contributed by atoms with Crippen LogP contribution in [0.4, 0.5) is 11.4 Å². The van der Waals surface area contributed by atoms with Crippen LogP contribution in [0.1, 0.15) is 15.9 Å². The van der Waals surface area contributed by atoms with Gasteiger partial charge in [0, 0.05) is 17.5 Å². The van der Waals surface area contributed by atoms with E-state index >= 15 is 0 Å². The van der Waals surface area contributed by atoms with Gasteiger partial charge in [-0.1, -0.05) is 0 Å². The quantitative estimate of drug-likeness (QED) is 0.580. The van der Waals surface area contributed by atoms with Gasteiger partial charge in [-0.3, -0.25) is 14.9 Å². The highest BCUT2D eigenvalue weighted by Crippen LogP contribution is 2.21. The van der Waals surface area contributed by atoms with Crippen LogP contribution in [-0.2, 0) is 0 Å². The van der Waals surface area contributed by atoms with Gasteiger partial charge in [-0.25, -0.2) is 4.99 Å². The molecule has 1 heterocycles. The lowest BCUT2D eigenvalue weighted by atomic mass is 10.1. The van der Waals surface area contributed by atoms with Gasteiger partial charge >= 0.3 is 0 Å². The first-order chi connectivity index (χ1) is 12.0. The molecule has 8 nitrogen and oxygen atoms in total. The summed E-state index contributed by atoms with van der Waals surface area (Å²) in [5, 5.41) is 20.0. The predicted octanol–water partition coefficient (Wildman–Crippen LogP) is 2.54. The Morgan fingerprint density at radius 3 is 2.52 bits per heavy atom. The van der Waals surface area contributed by atoms with Crippen molar-refractivity contribution in [3.63, 3.8) is 0 Å². The van der Waals surface area contributed by atoms with Gasteiger partial charge in [0.25, 0.3) is 11.6 Å². The molecule has 0 aliphatic heterocycles. The Hall–Kier alpha value is -3.99. The normalized spacial score (nSPS) is 11.2. The maximum atomic E-state index is 11.7. The number of nitro groups is 1. The first-order valence-corrected chi connectivity index (χ1v) is 7.05. The number of non-ortho nitro benzene ring substituents is 1. The van der Waals surface area contributed by atoms with Crippen LogP contribution in [-0.4, -0.2) is 10.8 Å². The van der Waals surface area contributed by atoms with Crippen LogP contribution in [0.3, 0.4) is 0 Å². The fourth-order valence-corrected chi connectivity index (χ4v) is 2.22. The van der Waals surface area contributed by atoms with Gasteiger partial charge in [0.05, 0.1) is 22.2 Å². The highest BCUT2D eigenvalue weighted by Gasteiger charge is 2.12. The second-order valence-corrected chi connectivity index (χ2v) is 5.08. The molecule has 0 bridgehead atoms. The van der Waals surface area contributed by atoms with Crippen LogP contribution in [0.5, 0.6) is 0 Å². The third-order valence-electron chi connectivity index (χ3n) is 3.43. The molecule has 0 aliphatic rings. The number of benzene rings is 2. The summed E-state index contributed by atoms with van der Waals surface area (Å²) in [4.78, 5) is 26.3. The molecule has 3 aromatic rings. The van der Waals surface area contributed by atoms with Crippen molar-refractivity contribution in [3.05, 3.63) is 75.3 Å². The van der Waals surface area contributed by atoms with E-state index in [9.17, 15) is 14.9 Å². The molecule has 122 valence electrons. The largest absolute Gasteiger partial charge is 0.438 e. The average Bonchev–Trinajstić information content (AvgIpc) is 2.61. The maximum Gasteiger partial charge on any atom is 0.270 e. The highest BCUT2D eigenvalue weighted by molar-refractivity contribution is 5.95. The Labute approximate surface area is 140 Å². The fraction of sp³-hybridized carbons (Fsp3) is 0. The number of fused-ring (bicyclic) bond motifs is 1. The Kier molecular flexibility index (Phi) is 3.97. The van der Waals surface area contributed by atoms with Crippen LogP contribution in [0, 0.1) is 21.4 Å². The summed E-state index contributed by atoms with van der Waals surface area (Å²) in [5.74, 6) is -0.774. The number of nitrogens with two attached hydrogens (primary N) is 1. The van der Waals surface area contributed by atoms with E-state index in [-0.39, 0.29) is 16.8 Å². The number of nitrogens with zero attached hydrogens (tertiary/aromatic N) is 3. The van der Waals surface area contributed by atoms with Gasteiger partial charge in [0.1, 0.15) is 11.1 Å². The number of nitro benzene ring substituents is 1. The summed E-state index contributed by atoms with van der Waals surface area (Å²) in [6, 6.07) is 13.7. The lowest BCUT2D eigenvalue weighted by Crippen LogP contribution is -2.21. The summed E-state index contributed by atoms with van der Waals surface area (Å²) in [6.07, 6.45) is 0. The molecule has 0 radical (unpaired) electrons. The first kappa shape index (κ1) is 15.9. The molecule has 0 fully saturated rings. The van der Waals surface area contributed by atoms with Crippen LogP contribution in [0.2, 0.25) is 0 Å². The zero-order valence-corrected chi connectivity index (χ0v) is 12.7. The number of primary amides is 1. The molecule has 0 saturated heterocycles. The van der Waals surface area contributed by atoms with Crippen molar-refractivity contribution < 1.29 is 14.1 Å². The maximum absolute atomic E-state index is 11.7. The molecule has 0 aliphatic carbocycles. The van der Waals surface area contributed by atoms with Crippen LogP contribution < -0.4 is 11.3 Å². The Morgan fingerprint density at radius 1 is 1.20 bits per heavy atom. The smallest absolute Gasteiger partial charge is 0.270 e. The highest BCUT2D eigenvalue weighted by atomic mass is 16.6. The number of rotatable bonds is 3. The number of hydrogen-bond donors (Lipinski definition) is 1. The van der Waals surface area contributed by atoms with E-state index in [4.69, 9.17) is 15.4 Å². The lowest BCUT2D eigenvalue weighted by molar-refractivity contribution is -0.384. The van der Waals surface area contributed by atoms with E-state index < -0.39 is 10.8 Å². The minimum atomic E-state index is -0.774. The Morgan fingerprint density at radius 2 is 1.92 bits per heavy atom. The first-order valence-electron chi connectivity index (χ1n) is 7.05. The molecule has 1 amide bonds. The number of hydrogen-bond acceptors (Lipinski definition) is 6. The summed E-state index contributed by atoms with van der Waals surface area (Å²) >= 11 is 0. The molecule has 1 aromatic heterocycles. The molecular formula is C17H10N4O4. The van der Waals surface area contributed by atoms with E-state index in [1.807, 2.05) is 6.07 Å². The molecule has 0 saturated carbocycles. The van der Waals surface area contributed by atoms with Gasteiger partial charge < -0.3 is 10.2 Å². The second kappa shape index (κ2) is 6.25. The molecule has 3 rings (SSSR count). The molecule has 0 spiro atoms. The predicted molar refractivity (Wildman–Crippen MR) is 87.8 cm³/mol. The molecule has 0 atom stereocenters. The number of nitriles is 1. The minimum absolute atomic E-state index is 0.00245. The lowest BCUT2D eigenvalue weighted by Gasteiger charge is -2.02. The van der Waals surface area contributed by atoms with E-state index in [0.717, 1.165) is 0 Å². The van der Waals surface area contributed by atoms with Crippen molar-refractivity contribution in [2.75, 3.05) is 0 Å². The van der Waals surface area contributed by atoms with Crippen molar-refractivity contribution >= 4 is 28.3 Å². The van der Waals surface area contributed by atoms with Crippen molar-refractivity contribution in [2.24, 2.45) is 10.7 Å². The minimum Gasteiger partial charge on any atom is -0.438 e. The molecule has 8 heteroatoms. The molecular weight excluding hydrogens is 324 g/mol. The number of carbonyl (C=O) groups is 1. The fourth-order valence-electron chi connectivity index (χ4n) is 2.22. The summed E-state index contributed by atoms with van der Waals surface area (Å²) in [6.45, 7) is 0.